The zero-order valence-electron chi connectivity index (χ0n) is 14.9. The summed E-state index contributed by atoms with van der Waals surface area (Å²) in [5.41, 5.74) is 1.77. The maximum Gasteiger partial charge on any atom is 0.254 e. The van der Waals surface area contributed by atoms with E-state index in [1.807, 2.05) is 6.92 Å². The third-order valence-corrected chi connectivity index (χ3v) is 3.24. The van der Waals surface area contributed by atoms with Crippen molar-refractivity contribution in [1.29, 1.82) is 0 Å². The van der Waals surface area contributed by atoms with Crippen LogP contribution in [-0.2, 0) is 14.3 Å². The molecule has 0 fully saturated rings. The normalized spacial score (nSPS) is 12.0. The number of carbonyl (C=O) groups is 2. The van der Waals surface area contributed by atoms with Crippen molar-refractivity contribution < 1.29 is 14.3 Å². The first-order valence-corrected chi connectivity index (χ1v) is 7.87. The Morgan fingerprint density at radius 3 is 2.54 bits per heavy atom. The molecule has 0 aliphatic rings. The van der Waals surface area contributed by atoms with E-state index in [-0.39, 0.29) is 12.5 Å². The quantitative estimate of drug-likeness (QED) is 0.196. The van der Waals surface area contributed by atoms with Crippen LogP contribution in [0.3, 0.4) is 0 Å². The van der Waals surface area contributed by atoms with Gasteiger partial charge in [-0.25, -0.2) is 0 Å². The Hall–Kier alpha value is -2.56. The maximum absolute atomic E-state index is 12.4. The number of ether oxygens (including phenoxy) is 1. The van der Waals surface area contributed by atoms with Crippen LogP contribution < -0.4 is 5.32 Å². The Labute approximate surface area is 145 Å². The number of carbonyl (C=O) groups excluding carboxylic acids is 2. The van der Waals surface area contributed by atoms with Gasteiger partial charge in [-0.15, -0.1) is 6.58 Å². The molecule has 24 heavy (non-hydrogen) atoms. The topological polar surface area (TPSA) is 58.6 Å². The van der Waals surface area contributed by atoms with Gasteiger partial charge in [0.1, 0.15) is 12.0 Å². The first-order valence-electron chi connectivity index (χ1n) is 7.87. The molecule has 0 aromatic carbocycles. The molecule has 1 amide bonds. The number of hydrogen-bond donors (Lipinski definition) is 1. The molecule has 0 saturated carbocycles. The molecule has 0 bridgehead atoms. The van der Waals surface area contributed by atoms with Gasteiger partial charge < -0.3 is 19.7 Å². The highest BCUT2D eigenvalue weighted by Gasteiger charge is 2.10. The van der Waals surface area contributed by atoms with E-state index >= 15 is 0 Å². The van der Waals surface area contributed by atoms with Crippen molar-refractivity contribution in [3.63, 3.8) is 0 Å². The molecule has 5 heteroatoms. The highest BCUT2D eigenvalue weighted by molar-refractivity contribution is 5.90. The van der Waals surface area contributed by atoms with E-state index < -0.39 is 0 Å². The third-order valence-electron chi connectivity index (χ3n) is 3.24. The van der Waals surface area contributed by atoms with Crippen molar-refractivity contribution in [2.45, 2.75) is 26.2 Å². The second-order valence-electron chi connectivity index (χ2n) is 4.98. The molecule has 0 heterocycles. The van der Waals surface area contributed by atoms with Crippen molar-refractivity contribution in [2.75, 3.05) is 20.7 Å². The van der Waals surface area contributed by atoms with Gasteiger partial charge in [-0.05, 0) is 25.3 Å². The summed E-state index contributed by atoms with van der Waals surface area (Å²) in [5.74, 6) is 0.0630. The van der Waals surface area contributed by atoms with Gasteiger partial charge in [0, 0.05) is 25.0 Å². The largest absolute Gasteiger partial charge is 0.497 e. The molecule has 0 saturated heterocycles. The van der Waals surface area contributed by atoms with Crippen molar-refractivity contribution in [3.8, 4) is 0 Å². The molecule has 0 aromatic heterocycles. The number of methoxy groups -OCH3 is 1. The fraction of sp³-hybridized carbons (Fsp3) is 0.368. The number of amides is 1. The van der Waals surface area contributed by atoms with E-state index in [1.54, 1.807) is 31.5 Å². The predicted octanol–water partition coefficient (Wildman–Crippen LogP) is 3.09. The maximum atomic E-state index is 12.4. The minimum Gasteiger partial charge on any atom is -0.497 e. The van der Waals surface area contributed by atoms with Crippen LogP contribution in [0.25, 0.3) is 0 Å². The number of allylic oxidation sites excluding steroid dienone is 5. The van der Waals surface area contributed by atoms with E-state index in [9.17, 15) is 9.59 Å². The minimum absolute atomic E-state index is 0.0308. The average molecular weight is 332 g/mol. The van der Waals surface area contributed by atoms with Gasteiger partial charge in [0.25, 0.3) is 5.91 Å². The highest BCUT2D eigenvalue weighted by atomic mass is 16.5. The Balaban J connectivity index is 5.30. The molecule has 5 nitrogen and oxygen atoms in total. The summed E-state index contributed by atoms with van der Waals surface area (Å²) >= 11 is 0. The predicted molar refractivity (Wildman–Crippen MR) is 98.0 cm³/mol. The molecule has 0 radical (unpaired) electrons. The summed E-state index contributed by atoms with van der Waals surface area (Å²) in [7, 11) is 3.26. The average Bonchev–Trinajstić information content (AvgIpc) is 2.60. The number of nitrogens with zero attached hydrogens (tertiary/aromatic N) is 1. The highest BCUT2D eigenvalue weighted by Crippen LogP contribution is 2.08. The smallest absolute Gasteiger partial charge is 0.254 e. The standard InChI is InChI=1S/C19H28N2O3/c1-6-8-9-17(20-4)15-21(12-13-22)19(23)14-18(24-5)11-10-16(3)7-2/h6,10-11,13-15,20H,1,3,7-9,12H2,2,4-5H3/b11-10-,17-15-,18-14-. The molecule has 0 aromatic rings. The zero-order valence-corrected chi connectivity index (χ0v) is 14.9. The molecular formula is C19H28N2O3. The number of nitrogens with one attached hydrogen (secondary N) is 1. The van der Waals surface area contributed by atoms with Crippen molar-refractivity contribution in [1.82, 2.24) is 10.2 Å². The van der Waals surface area contributed by atoms with Gasteiger partial charge in [-0.2, -0.15) is 0 Å². The van der Waals surface area contributed by atoms with E-state index in [0.29, 0.717) is 18.5 Å². The van der Waals surface area contributed by atoms with Crippen LogP contribution in [0.15, 0.2) is 60.7 Å². The van der Waals surface area contributed by atoms with Crippen LogP contribution in [0.1, 0.15) is 26.2 Å². The monoisotopic (exact) mass is 332 g/mol. The number of hydrogen-bond acceptors (Lipinski definition) is 4. The summed E-state index contributed by atoms with van der Waals surface area (Å²) in [6.45, 7) is 9.50. The van der Waals surface area contributed by atoms with Crippen LogP contribution in [0, 0.1) is 0 Å². The van der Waals surface area contributed by atoms with Gasteiger partial charge in [-0.1, -0.05) is 31.2 Å². The molecule has 1 N–H and O–H groups in total. The first-order chi connectivity index (χ1) is 11.5. The van der Waals surface area contributed by atoms with E-state index in [0.717, 1.165) is 24.1 Å². The van der Waals surface area contributed by atoms with Crippen LogP contribution in [0.2, 0.25) is 0 Å². The third kappa shape index (κ3) is 8.78. The summed E-state index contributed by atoms with van der Waals surface area (Å²) < 4.78 is 5.19. The lowest BCUT2D eigenvalue weighted by Crippen LogP contribution is -2.28. The van der Waals surface area contributed by atoms with Gasteiger partial charge in [0.15, 0.2) is 0 Å². The summed E-state index contributed by atoms with van der Waals surface area (Å²) in [6, 6.07) is 0. The van der Waals surface area contributed by atoms with Crippen LogP contribution >= 0.6 is 0 Å². The van der Waals surface area contributed by atoms with E-state index in [1.165, 1.54) is 18.1 Å². The van der Waals surface area contributed by atoms with Gasteiger partial charge in [0.05, 0.1) is 13.7 Å². The summed E-state index contributed by atoms with van der Waals surface area (Å²) in [6.07, 6.45) is 11.2. The molecule has 0 spiro atoms. The SMILES string of the molecule is C=CCC/C(=C/N(CC=O)C(=O)/C=C(/C=C\C(=C)CC)OC)NC. The molecular weight excluding hydrogens is 304 g/mol. The number of aldehydes is 1. The Morgan fingerprint density at radius 1 is 1.33 bits per heavy atom. The van der Waals surface area contributed by atoms with Crippen LogP contribution in [-0.4, -0.2) is 37.8 Å². The van der Waals surface area contributed by atoms with Crippen molar-refractivity contribution in [3.05, 3.63) is 60.7 Å². The second-order valence-corrected chi connectivity index (χ2v) is 4.98. The molecule has 132 valence electrons. The van der Waals surface area contributed by atoms with Crippen molar-refractivity contribution in [2.24, 2.45) is 0 Å². The summed E-state index contributed by atoms with van der Waals surface area (Å²) in [5, 5.41) is 3.02. The molecule has 0 aliphatic heterocycles. The van der Waals surface area contributed by atoms with E-state index in [4.69, 9.17) is 4.74 Å². The Bertz CT molecular complexity index is 531. The van der Waals surface area contributed by atoms with E-state index in [2.05, 4.69) is 18.5 Å². The zero-order chi connectivity index (χ0) is 18.4. The summed E-state index contributed by atoms with van der Waals surface area (Å²) in [4.78, 5) is 24.6. The lowest BCUT2D eigenvalue weighted by atomic mass is 10.2. The van der Waals surface area contributed by atoms with Crippen LogP contribution in [0.4, 0.5) is 0 Å². The van der Waals surface area contributed by atoms with Crippen molar-refractivity contribution >= 4 is 12.2 Å². The minimum atomic E-state index is -0.336. The second kappa shape index (κ2) is 12.9. The number of rotatable bonds is 12. The Kier molecular flexibility index (Phi) is 11.6. The molecule has 0 aliphatic carbocycles. The lowest BCUT2D eigenvalue weighted by Gasteiger charge is -2.16. The van der Waals surface area contributed by atoms with Gasteiger partial charge in [0.2, 0.25) is 0 Å². The lowest BCUT2D eigenvalue weighted by molar-refractivity contribution is -0.126. The molecule has 0 rings (SSSR count). The van der Waals surface area contributed by atoms with Crippen LogP contribution in [0.5, 0.6) is 0 Å². The first kappa shape index (κ1) is 21.4. The Morgan fingerprint density at radius 2 is 2.04 bits per heavy atom. The van der Waals surface area contributed by atoms with Gasteiger partial charge in [-0.3, -0.25) is 4.79 Å². The van der Waals surface area contributed by atoms with Gasteiger partial charge >= 0.3 is 0 Å². The molecule has 0 atom stereocenters. The fourth-order valence-electron chi connectivity index (χ4n) is 1.68. The molecule has 0 unspecified atom stereocenters. The fourth-order valence-corrected chi connectivity index (χ4v) is 1.68.